The van der Waals surface area contributed by atoms with Crippen molar-refractivity contribution in [1.82, 2.24) is 15.1 Å². The van der Waals surface area contributed by atoms with E-state index < -0.39 is 5.60 Å². The highest BCUT2D eigenvalue weighted by Crippen LogP contribution is 2.32. The lowest BCUT2D eigenvalue weighted by molar-refractivity contribution is 0.0490. The lowest BCUT2D eigenvalue weighted by atomic mass is 9.89. The van der Waals surface area contributed by atoms with Gasteiger partial charge in [-0.3, -0.25) is 4.90 Å². The lowest BCUT2D eigenvalue weighted by Crippen LogP contribution is -2.45. The van der Waals surface area contributed by atoms with Crippen LogP contribution in [-0.4, -0.2) is 93.0 Å². The minimum Gasteiger partial charge on any atom is -0.465 e. The number of likely N-dealkylation sites (N-methyl/N-ethyl adjacent to an activating group) is 1. The highest BCUT2D eigenvalue weighted by atomic mass is 16.6. The monoisotopic (exact) mass is 526 g/mol. The molecule has 0 unspecified atom stereocenters. The first-order chi connectivity index (χ1) is 18.0. The maximum Gasteiger partial charge on any atom is 0.407 e. The molecule has 210 valence electrons. The Balaban J connectivity index is 1.74. The van der Waals surface area contributed by atoms with Gasteiger partial charge in [-0.15, -0.1) is 0 Å². The van der Waals surface area contributed by atoms with Crippen LogP contribution >= 0.6 is 0 Å². The average molecular weight is 527 g/mol. The average Bonchev–Trinajstić information content (AvgIpc) is 2.86. The fraction of sp³-hybridized carbons (Fsp3) is 0.667. The molecule has 1 aliphatic carbocycles. The molecule has 0 spiro atoms. The Hall–Kier alpha value is -2.76. The predicted octanol–water partition coefficient (Wildman–Crippen LogP) is 4.04. The van der Waals surface area contributed by atoms with E-state index in [1.165, 1.54) is 7.11 Å². The summed E-state index contributed by atoms with van der Waals surface area (Å²) in [4.78, 5) is 32.0. The Labute approximate surface area is 229 Å². The number of piperazine rings is 1. The number of benzene rings is 1. The number of carbonyl (C=O) groups excluding carboxylic acids is 2. The molecule has 1 aliphatic heterocycles. The molecule has 1 heterocycles. The summed E-state index contributed by atoms with van der Waals surface area (Å²) in [5.41, 5.74) is 2.83. The smallest absolute Gasteiger partial charge is 0.407 e. The number of rotatable bonds is 6. The Morgan fingerprint density at radius 3 is 2.34 bits per heavy atom. The van der Waals surface area contributed by atoms with Crippen molar-refractivity contribution in [2.45, 2.75) is 78.0 Å². The number of carbonyl (C=O) groups is 2. The maximum absolute atomic E-state index is 12.7. The van der Waals surface area contributed by atoms with E-state index in [-0.39, 0.29) is 18.1 Å². The van der Waals surface area contributed by atoms with Crippen molar-refractivity contribution < 1.29 is 19.1 Å². The normalized spacial score (nSPS) is 20.7. The van der Waals surface area contributed by atoms with Gasteiger partial charge in [0, 0.05) is 56.1 Å². The molecule has 8 heteroatoms. The van der Waals surface area contributed by atoms with E-state index >= 15 is 0 Å². The molecule has 1 N–H and O–H groups in total. The number of esters is 1. The Morgan fingerprint density at radius 2 is 1.76 bits per heavy atom. The minimum absolute atomic E-state index is 0.110. The quantitative estimate of drug-likeness (QED) is 0.443. The SMILES string of the molecule is CCN(c1cc(C#CCN2CCN(C)CC2)cc(C(=O)OC)c1C)C1CCC(NC(=O)OC(C)(C)C)CC1. The van der Waals surface area contributed by atoms with Crippen molar-refractivity contribution in [3.63, 3.8) is 0 Å². The van der Waals surface area contributed by atoms with Crippen LogP contribution in [0.4, 0.5) is 10.5 Å². The van der Waals surface area contributed by atoms with Crippen LogP contribution in [0.15, 0.2) is 12.1 Å². The highest BCUT2D eigenvalue weighted by Gasteiger charge is 2.29. The second-order valence-corrected chi connectivity index (χ2v) is 11.5. The first kappa shape index (κ1) is 29.8. The van der Waals surface area contributed by atoms with Gasteiger partial charge in [0.05, 0.1) is 19.2 Å². The zero-order chi connectivity index (χ0) is 27.9. The number of anilines is 1. The largest absolute Gasteiger partial charge is 0.465 e. The van der Waals surface area contributed by atoms with Gasteiger partial charge in [0.2, 0.25) is 0 Å². The molecule has 0 aromatic heterocycles. The lowest BCUT2D eigenvalue weighted by Gasteiger charge is -2.39. The molecule has 1 amide bonds. The zero-order valence-electron chi connectivity index (χ0n) is 24.4. The molecule has 38 heavy (non-hydrogen) atoms. The number of hydrogen-bond acceptors (Lipinski definition) is 7. The molecule has 0 bridgehead atoms. The first-order valence-corrected chi connectivity index (χ1v) is 13.9. The summed E-state index contributed by atoms with van der Waals surface area (Å²) in [6, 6.07) is 4.40. The summed E-state index contributed by atoms with van der Waals surface area (Å²) < 4.78 is 10.5. The number of amides is 1. The van der Waals surface area contributed by atoms with Gasteiger partial charge in [0.25, 0.3) is 0 Å². The van der Waals surface area contributed by atoms with Crippen LogP contribution in [0.5, 0.6) is 0 Å². The van der Waals surface area contributed by atoms with Crippen molar-refractivity contribution in [1.29, 1.82) is 0 Å². The molecule has 1 saturated heterocycles. The number of alkyl carbamates (subject to hydrolysis) is 1. The third-order valence-corrected chi connectivity index (χ3v) is 7.43. The Morgan fingerprint density at radius 1 is 1.11 bits per heavy atom. The molecule has 3 rings (SSSR count). The predicted molar refractivity (Wildman–Crippen MR) is 152 cm³/mol. The van der Waals surface area contributed by atoms with Crippen molar-refractivity contribution in [3.8, 4) is 11.8 Å². The maximum atomic E-state index is 12.7. The van der Waals surface area contributed by atoms with E-state index in [1.807, 2.05) is 33.8 Å². The molecule has 0 atom stereocenters. The summed E-state index contributed by atoms with van der Waals surface area (Å²) in [7, 11) is 3.57. The van der Waals surface area contributed by atoms with Gasteiger partial charge in [-0.2, -0.15) is 0 Å². The molecule has 2 fully saturated rings. The summed E-state index contributed by atoms with van der Waals surface area (Å²) in [5.74, 6) is 6.31. The molecule has 2 aliphatic rings. The fourth-order valence-corrected chi connectivity index (χ4v) is 5.28. The number of nitrogens with one attached hydrogen (secondary N) is 1. The van der Waals surface area contributed by atoms with Crippen LogP contribution in [0.2, 0.25) is 0 Å². The summed E-state index contributed by atoms with van der Waals surface area (Å²) in [6.45, 7) is 15.4. The van der Waals surface area contributed by atoms with E-state index in [2.05, 4.69) is 51.9 Å². The van der Waals surface area contributed by atoms with Crippen LogP contribution in [0.25, 0.3) is 0 Å². The molecule has 1 aromatic rings. The van der Waals surface area contributed by atoms with Gasteiger partial charge in [0.15, 0.2) is 0 Å². The van der Waals surface area contributed by atoms with E-state index in [0.29, 0.717) is 11.6 Å². The van der Waals surface area contributed by atoms with Gasteiger partial charge in [-0.1, -0.05) is 11.8 Å². The van der Waals surface area contributed by atoms with Gasteiger partial charge in [-0.25, -0.2) is 9.59 Å². The molecule has 8 nitrogen and oxygen atoms in total. The van der Waals surface area contributed by atoms with Crippen LogP contribution < -0.4 is 10.2 Å². The summed E-state index contributed by atoms with van der Waals surface area (Å²) >= 11 is 0. The standard InChI is InChI=1S/C30H46N4O4/c1-8-34(25-13-11-24(12-14-25)31-29(36)38-30(3,4)5)27-21-23(20-26(22(27)2)28(35)37-7)10-9-15-33-18-16-32(6)17-19-33/h20-21,24-25H,8,11-19H2,1-7H3,(H,31,36). The summed E-state index contributed by atoms with van der Waals surface area (Å²) in [6.07, 6.45) is 3.30. The van der Waals surface area contributed by atoms with Gasteiger partial charge in [0.1, 0.15) is 5.60 Å². The van der Waals surface area contributed by atoms with Gasteiger partial charge < -0.3 is 24.6 Å². The molecular weight excluding hydrogens is 480 g/mol. The van der Waals surface area contributed by atoms with Crippen molar-refractivity contribution in [2.75, 3.05) is 58.3 Å². The fourth-order valence-electron chi connectivity index (χ4n) is 5.28. The van der Waals surface area contributed by atoms with E-state index in [4.69, 9.17) is 9.47 Å². The minimum atomic E-state index is -0.506. The second kappa shape index (κ2) is 13.3. The molecule has 1 aromatic carbocycles. The molecule has 0 radical (unpaired) electrons. The topological polar surface area (TPSA) is 74.4 Å². The van der Waals surface area contributed by atoms with Crippen LogP contribution in [0, 0.1) is 18.8 Å². The van der Waals surface area contributed by atoms with E-state index in [0.717, 1.165) is 81.8 Å². The summed E-state index contributed by atoms with van der Waals surface area (Å²) in [5, 5.41) is 3.03. The number of ether oxygens (including phenoxy) is 2. The van der Waals surface area contributed by atoms with Gasteiger partial charge >= 0.3 is 12.1 Å². The molecular formula is C30H46N4O4. The van der Waals surface area contributed by atoms with Gasteiger partial charge in [-0.05, 0) is 85.0 Å². The number of nitrogens with zero attached hydrogens (tertiary/aromatic N) is 3. The first-order valence-electron chi connectivity index (χ1n) is 13.9. The Kier molecular flexibility index (Phi) is 10.5. The van der Waals surface area contributed by atoms with Crippen molar-refractivity contribution in [2.24, 2.45) is 0 Å². The van der Waals surface area contributed by atoms with Crippen molar-refractivity contribution >= 4 is 17.7 Å². The zero-order valence-corrected chi connectivity index (χ0v) is 24.4. The number of methoxy groups -OCH3 is 1. The van der Waals surface area contributed by atoms with Crippen LogP contribution in [0.1, 0.15) is 74.9 Å². The Bertz CT molecular complexity index is 1020. The molecule has 1 saturated carbocycles. The third kappa shape index (κ3) is 8.37. The van der Waals surface area contributed by atoms with Crippen molar-refractivity contribution in [3.05, 3.63) is 28.8 Å². The van der Waals surface area contributed by atoms with Crippen LogP contribution in [0.3, 0.4) is 0 Å². The highest BCUT2D eigenvalue weighted by molar-refractivity contribution is 5.93. The number of hydrogen-bond donors (Lipinski definition) is 1. The second-order valence-electron chi connectivity index (χ2n) is 11.5. The third-order valence-electron chi connectivity index (χ3n) is 7.43. The van der Waals surface area contributed by atoms with E-state index in [1.54, 1.807) is 0 Å². The van der Waals surface area contributed by atoms with Crippen LogP contribution in [-0.2, 0) is 9.47 Å². The van der Waals surface area contributed by atoms with E-state index in [9.17, 15) is 9.59 Å².